The first kappa shape index (κ1) is 12.7. The van der Waals surface area contributed by atoms with Crippen molar-refractivity contribution in [2.24, 2.45) is 0 Å². The molecule has 0 aliphatic carbocycles. The third kappa shape index (κ3) is 2.81. The minimum atomic E-state index is 0.814. The van der Waals surface area contributed by atoms with Crippen LogP contribution in [0.5, 0.6) is 0 Å². The predicted octanol–water partition coefficient (Wildman–Crippen LogP) is 3.71. The first-order chi connectivity index (χ1) is 9.83. The molecule has 0 radical (unpaired) electrons. The van der Waals surface area contributed by atoms with E-state index in [1.807, 2.05) is 18.2 Å². The molecule has 0 spiro atoms. The van der Waals surface area contributed by atoms with Gasteiger partial charge in [0.1, 0.15) is 0 Å². The minimum absolute atomic E-state index is 0.814. The van der Waals surface area contributed by atoms with Crippen molar-refractivity contribution in [1.82, 2.24) is 5.32 Å². The van der Waals surface area contributed by atoms with Crippen LogP contribution in [0.2, 0.25) is 0 Å². The van der Waals surface area contributed by atoms with Gasteiger partial charge in [-0.15, -0.1) is 0 Å². The van der Waals surface area contributed by atoms with Crippen LogP contribution >= 0.6 is 0 Å². The van der Waals surface area contributed by atoms with Gasteiger partial charge >= 0.3 is 0 Å². The summed E-state index contributed by atoms with van der Waals surface area (Å²) in [7, 11) is 0. The van der Waals surface area contributed by atoms with Crippen molar-refractivity contribution in [1.29, 1.82) is 0 Å². The van der Waals surface area contributed by atoms with Gasteiger partial charge in [-0.25, -0.2) is 0 Å². The fraction of sp³-hybridized carbons (Fsp3) is 0.111. The van der Waals surface area contributed by atoms with E-state index < -0.39 is 0 Å². The zero-order valence-electron chi connectivity index (χ0n) is 11.3. The zero-order valence-corrected chi connectivity index (χ0v) is 11.3. The van der Waals surface area contributed by atoms with Crippen molar-refractivity contribution < 1.29 is 0 Å². The van der Waals surface area contributed by atoms with Gasteiger partial charge in [-0.3, -0.25) is 0 Å². The topological polar surface area (TPSA) is 38.0 Å². The SMILES string of the molecule is Nc1cccc(CNCc2cccc3ccccc23)c1. The van der Waals surface area contributed by atoms with Gasteiger partial charge in [-0.1, -0.05) is 54.6 Å². The van der Waals surface area contributed by atoms with E-state index in [2.05, 4.69) is 53.8 Å². The maximum Gasteiger partial charge on any atom is 0.0317 e. The Balaban J connectivity index is 1.71. The van der Waals surface area contributed by atoms with E-state index in [4.69, 9.17) is 5.73 Å². The van der Waals surface area contributed by atoms with Crippen molar-refractivity contribution in [2.45, 2.75) is 13.1 Å². The van der Waals surface area contributed by atoms with Crippen LogP contribution in [0.1, 0.15) is 11.1 Å². The fourth-order valence-corrected chi connectivity index (χ4v) is 2.49. The summed E-state index contributed by atoms with van der Waals surface area (Å²) in [6.45, 7) is 1.68. The highest BCUT2D eigenvalue weighted by Crippen LogP contribution is 2.18. The molecule has 3 aromatic carbocycles. The summed E-state index contributed by atoms with van der Waals surface area (Å²) in [6.07, 6.45) is 0. The molecule has 0 amide bonds. The van der Waals surface area contributed by atoms with E-state index in [1.165, 1.54) is 21.9 Å². The molecule has 3 N–H and O–H groups in total. The molecule has 0 saturated heterocycles. The van der Waals surface area contributed by atoms with Gasteiger partial charge in [0.25, 0.3) is 0 Å². The Morgan fingerprint density at radius 2 is 1.60 bits per heavy atom. The Labute approximate surface area is 119 Å². The fourth-order valence-electron chi connectivity index (χ4n) is 2.49. The summed E-state index contributed by atoms with van der Waals surface area (Å²) in [6, 6.07) is 22.9. The van der Waals surface area contributed by atoms with Gasteiger partial charge in [-0.2, -0.15) is 0 Å². The van der Waals surface area contributed by atoms with E-state index in [0.29, 0.717) is 0 Å². The first-order valence-corrected chi connectivity index (χ1v) is 6.85. The largest absolute Gasteiger partial charge is 0.399 e. The normalized spacial score (nSPS) is 10.8. The summed E-state index contributed by atoms with van der Waals surface area (Å²) >= 11 is 0. The number of hydrogen-bond acceptors (Lipinski definition) is 2. The van der Waals surface area contributed by atoms with E-state index >= 15 is 0 Å². The lowest BCUT2D eigenvalue weighted by Gasteiger charge is -2.09. The highest BCUT2D eigenvalue weighted by atomic mass is 14.8. The molecule has 0 aliphatic rings. The molecular formula is C18H18N2. The number of anilines is 1. The lowest BCUT2D eigenvalue weighted by atomic mass is 10.0. The third-order valence-corrected chi connectivity index (χ3v) is 3.48. The smallest absolute Gasteiger partial charge is 0.0317 e. The molecule has 0 fully saturated rings. The number of fused-ring (bicyclic) bond motifs is 1. The first-order valence-electron chi connectivity index (χ1n) is 6.85. The molecule has 0 heterocycles. The molecule has 2 heteroatoms. The van der Waals surface area contributed by atoms with E-state index in [9.17, 15) is 0 Å². The maximum atomic E-state index is 5.79. The number of nitrogen functional groups attached to an aromatic ring is 1. The standard InChI is InChI=1S/C18H18N2/c19-17-9-3-5-14(11-17)12-20-13-16-8-4-7-15-6-1-2-10-18(15)16/h1-11,20H,12-13,19H2. The summed E-state index contributed by atoms with van der Waals surface area (Å²) in [5, 5.41) is 6.08. The van der Waals surface area contributed by atoms with Gasteiger partial charge < -0.3 is 11.1 Å². The number of rotatable bonds is 4. The molecule has 3 rings (SSSR count). The molecule has 0 saturated carbocycles. The molecule has 0 unspecified atom stereocenters. The van der Waals surface area contributed by atoms with Crippen molar-refractivity contribution in [2.75, 3.05) is 5.73 Å². The van der Waals surface area contributed by atoms with Crippen molar-refractivity contribution in [3.8, 4) is 0 Å². The Hall–Kier alpha value is -2.32. The van der Waals surface area contributed by atoms with Crippen LogP contribution in [0.25, 0.3) is 10.8 Å². The Bertz CT molecular complexity index is 714. The highest BCUT2D eigenvalue weighted by molar-refractivity contribution is 5.85. The van der Waals surface area contributed by atoms with Crippen molar-refractivity contribution in [3.63, 3.8) is 0 Å². The third-order valence-electron chi connectivity index (χ3n) is 3.48. The summed E-state index contributed by atoms with van der Waals surface area (Å²) in [5.74, 6) is 0. The van der Waals surface area contributed by atoms with E-state index in [1.54, 1.807) is 0 Å². The Morgan fingerprint density at radius 3 is 2.50 bits per heavy atom. The van der Waals surface area contributed by atoms with Crippen LogP contribution in [0.4, 0.5) is 5.69 Å². The molecular weight excluding hydrogens is 244 g/mol. The molecule has 20 heavy (non-hydrogen) atoms. The average Bonchev–Trinajstić information content (AvgIpc) is 2.48. The summed E-state index contributed by atoms with van der Waals surface area (Å²) < 4.78 is 0. The van der Waals surface area contributed by atoms with Crippen LogP contribution in [0.3, 0.4) is 0 Å². The van der Waals surface area contributed by atoms with Crippen LogP contribution in [-0.2, 0) is 13.1 Å². The Morgan fingerprint density at radius 1 is 0.800 bits per heavy atom. The van der Waals surface area contributed by atoms with Gasteiger partial charge in [0.05, 0.1) is 0 Å². The molecule has 0 atom stereocenters. The van der Waals surface area contributed by atoms with Crippen LogP contribution in [0.15, 0.2) is 66.7 Å². The van der Waals surface area contributed by atoms with E-state index in [0.717, 1.165) is 18.8 Å². The maximum absolute atomic E-state index is 5.79. The summed E-state index contributed by atoms with van der Waals surface area (Å²) in [4.78, 5) is 0. The monoisotopic (exact) mass is 262 g/mol. The van der Waals surface area contributed by atoms with Gasteiger partial charge in [-0.05, 0) is 34.0 Å². The van der Waals surface area contributed by atoms with Crippen molar-refractivity contribution in [3.05, 3.63) is 77.9 Å². The lowest BCUT2D eigenvalue weighted by molar-refractivity contribution is 0.697. The number of nitrogens with one attached hydrogen (secondary N) is 1. The van der Waals surface area contributed by atoms with Gasteiger partial charge in [0, 0.05) is 18.8 Å². The highest BCUT2D eigenvalue weighted by Gasteiger charge is 2.00. The number of benzene rings is 3. The van der Waals surface area contributed by atoms with Crippen LogP contribution < -0.4 is 11.1 Å². The van der Waals surface area contributed by atoms with Gasteiger partial charge in [0.15, 0.2) is 0 Å². The predicted molar refractivity (Wildman–Crippen MR) is 85.3 cm³/mol. The van der Waals surface area contributed by atoms with Gasteiger partial charge in [0.2, 0.25) is 0 Å². The lowest BCUT2D eigenvalue weighted by Crippen LogP contribution is -2.13. The second-order valence-corrected chi connectivity index (χ2v) is 4.99. The zero-order chi connectivity index (χ0) is 13.8. The number of hydrogen-bond donors (Lipinski definition) is 2. The molecule has 2 nitrogen and oxygen atoms in total. The quantitative estimate of drug-likeness (QED) is 0.703. The number of nitrogens with two attached hydrogens (primary N) is 1. The second kappa shape index (κ2) is 5.76. The summed E-state index contributed by atoms with van der Waals surface area (Å²) in [5.41, 5.74) is 9.14. The molecule has 3 aromatic rings. The van der Waals surface area contributed by atoms with Crippen molar-refractivity contribution >= 4 is 16.5 Å². The molecule has 100 valence electrons. The second-order valence-electron chi connectivity index (χ2n) is 4.99. The van der Waals surface area contributed by atoms with Crippen LogP contribution in [-0.4, -0.2) is 0 Å². The van der Waals surface area contributed by atoms with E-state index in [-0.39, 0.29) is 0 Å². The average molecular weight is 262 g/mol. The van der Waals surface area contributed by atoms with Crippen LogP contribution in [0, 0.1) is 0 Å². The molecule has 0 bridgehead atoms. The Kier molecular flexibility index (Phi) is 3.66. The molecule has 0 aromatic heterocycles. The molecule has 0 aliphatic heterocycles. The minimum Gasteiger partial charge on any atom is -0.399 e.